The van der Waals surface area contributed by atoms with Crippen molar-refractivity contribution in [3.05, 3.63) is 32.7 Å². The smallest absolute Gasteiger partial charge is 0.255 e. The van der Waals surface area contributed by atoms with Gasteiger partial charge in [0.05, 0.1) is 5.56 Å². The molecule has 0 saturated heterocycles. The largest absolute Gasteiger partial charge is 0.336 e. The number of hydrogen-bond donors (Lipinski definition) is 0. The summed E-state index contributed by atoms with van der Waals surface area (Å²) in [5, 5.41) is 0. The Hall–Kier alpha value is -0.350. The fourth-order valence-corrected chi connectivity index (χ4v) is 2.87. The van der Waals surface area contributed by atoms with Crippen LogP contribution in [0.15, 0.2) is 27.1 Å². The van der Waals surface area contributed by atoms with Gasteiger partial charge in [0.1, 0.15) is 0 Å². The van der Waals surface area contributed by atoms with Gasteiger partial charge in [0.15, 0.2) is 0 Å². The molecule has 0 fully saturated rings. The summed E-state index contributed by atoms with van der Waals surface area (Å²) in [6.07, 6.45) is 0.970. The Morgan fingerprint density at radius 2 is 2.00 bits per heavy atom. The average molecular weight is 363 g/mol. The van der Waals surface area contributed by atoms with Crippen LogP contribution in [0.4, 0.5) is 0 Å². The number of carbonyl (C=O) groups excluding carboxylic acids is 1. The minimum absolute atomic E-state index is 0.0845. The van der Waals surface area contributed by atoms with Gasteiger partial charge in [0, 0.05) is 21.5 Å². The van der Waals surface area contributed by atoms with Crippen molar-refractivity contribution in [2.75, 3.05) is 6.54 Å². The number of rotatable bonds is 4. The van der Waals surface area contributed by atoms with Crippen LogP contribution in [-0.2, 0) is 0 Å². The predicted molar refractivity (Wildman–Crippen MR) is 78.3 cm³/mol. The van der Waals surface area contributed by atoms with Crippen LogP contribution in [-0.4, -0.2) is 23.4 Å². The fraction of sp³-hybridized carbons (Fsp3) is 0.462. The average Bonchev–Trinajstić information content (AvgIpc) is 2.24. The summed E-state index contributed by atoms with van der Waals surface area (Å²) in [6.45, 7) is 6.96. The van der Waals surface area contributed by atoms with Gasteiger partial charge in [-0.15, -0.1) is 0 Å². The maximum absolute atomic E-state index is 12.4. The monoisotopic (exact) mass is 361 g/mol. The number of carbonyl (C=O) groups is 1. The lowest BCUT2D eigenvalue weighted by atomic mass is 10.1. The van der Waals surface area contributed by atoms with Crippen molar-refractivity contribution < 1.29 is 4.79 Å². The molecule has 0 saturated carbocycles. The van der Waals surface area contributed by atoms with Crippen molar-refractivity contribution in [3.63, 3.8) is 0 Å². The van der Waals surface area contributed by atoms with E-state index in [0.29, 0.717) is 0 Å². The highest BCUT2D eigenvalue weighted by Crippen LogP contribution is 2.23. The molecule has 17 heavy (non-hydrogen) atoms. The minimum Gasteiger partial charge on any atom is -0.336 e. The quantitative estimate of drug-likeness (QED) is 0.773. The van der Waals surface area contributed by atoms with Crippen molar-refractivity contribution in [2.45, 2.75) is 33.2 Å². The highest BCUT2D eigenvalue weighted by molar-refractivity contribution is 9.11. The molecular weight excluding hydrogens is 346 g/mol. The van der Waals surface area contributed by atoms with Crippen LogP contribution in [0.25, 0.3) is 0 Å². The van der Waals surface area contributed by atoms with Gasteiger partial charge in [-0.25, -0.2) is 0 Å². The molecule has 0 aromatic heterocycles. The first kappa shape index (κ1) is 14.7. The van der Waals surface area contributed by atoms with E-state index in [0.717, 1.165) is 27.5 Å². The number of nitrogens with zero attached hydrogens (tertiary/aromatic N) is 1. The van der Waals surface area contributed by atoms with Crippen LogP contribution >= 0.6 is 31.9 Å². The molecule has 0 bridgehead atoms. The van der Waals surface area contributed by atoms with Crippen LogP contribution in [0.5, 0.6) is 0 Å². The number of halogens is 2. The lowest BCUT2D eigenvalue weighted by molar-refractivity contribution is 0.0705. The van der Waals surface area contributed by atoms with E-state index in [1.807, 2.05) is 36.9 Å². The fourth-order valence-electron chi connectivity index (χ4n) is 1.65. The first-order valence-electron chi connectivity index (χ1n) is 5.73. The molecule has 0 aliphatic heterocycles. The van der Waals surface area contributed by atoms with Crippen molar-refractivity contribution in [1.82, 2.24) is 4.90 Å². The SMILES string of the molecule is CCCN(C(=O)c1ccc(Br)cc1Br)C(C)C. The maximum Gasteiger partial charge on any atom is 0.255 e. The molecule has 0 aliphatic carbocycles. The van der Waals surface area contributed by atoms with Gasteiger partial charge in [-0.1, -0.05) is 22.9 Å². The molecule has 0 unspecified atom stereocenters. The lowest BCUT2D eigenvalue weighted by Crippen LogP contribution is -2.37. The predicted octanol–water partition coefficient (Wildman–Crippen LogP) is 4.47. The molecule has 2 nitrogen and oxygen atoms in total. The van der Waals surface area contributed by atoms with Gasteiger partial charge in [-0.3, -0.25) is 4.79 Å². The zero-order valence-electron chi connectivity index (χ0n) is 10.3. The molecule has 4 heteroatoms. The Morgan fingerprint density at radius 1 is 1.35 bits per heavy atom. The van der Waals surface area contributed by atoms with E-state index in [1.165, 1.54) is 0 Å². The van der Waals surface area contributed by atoms with E-state index in [1.54, 1.807) is 0 Å². The highest BCUT2D eigenvalue weighted by atomic mass is 79.9. The molecule has 1 aromatic carbocycles. The lowest BCUT2D eigenvalue weighted by Gasteiger charge is -2.26. The van der Waals surface area contributed by atoms with Gasteiger partial charge in [-0.2, -0.15) is 0 Å². The van der Waals surface area contributed by atoms with Crippen LogP contribution in [0.2, 0.25) is 0 Å². The first-order valence-corrected chi connectivity index (χ1v) is 7.32. The number of benzene rings is 1. The van der Waals surface area contributed by atoms with Crippen molar-refractivity contribution in [1.29, 1.82) is 0 Å². The Morgan fingerprint density at radius 3 is 2.47 bits per heavy atom. The Kier molecular flexibility index (Phi) is 5.67. The third-order valence-corrected chi connectivity index (χ3v) is 3.66. The topological polar surface area (TPSA) is 20.3 Å². The normalized spacial score (nSPS) is 10.7. The summed E-state index contributed by atoms with van der Waals surface area (Å²) in [4.78, 5) is 14.3. The summed E-state index contributed by atoms with van der Waals surface area (Å²) in [7, 11) is 0. The van der Waals surface area contributed by atoms with E-state index in [9.17, 15) is 4.79 Å². The van der Waals surface area contributed by atoms with Crippen LogP contribution < -0.4 is 0 Å². The van der Waals surface area contributed by atoms with E-state index >= 15 is 0 Å². The Bertz CT molecular complexity index is 404. The van der Waals surface area contributed by atoms with Gasteiger partial charge in [0.25, 0.3) is 5.91 Å². The molecule has 1 amide bonds. The van der Waals surface area contributed by atoms with E-state index in [4.69, 9.17) is 0 Å². The molecule has 1 rings (SSSR count). The zero-order chi connectivity index (χ0) is 13.0. The van der Waals surface area contributed by atoms with Gasteiger partial charge < -0.3 is 4.90 Å². The van der Waals surface area contributed by atoms with Crippen LogP contribution in [0.3, 0.4) is 0 Å². The first-order chi connectivity index (χ1) is 7.97. The third-order valence-electron chi connectivity index (χ3n) is 2.51. The van der Waals surface area contributed by atoms with Gasteiger partial charge in [0.2, 0.25) is 0 Å². The van der Waals surface area contributed by atoms with Crippen LogP contribution in [0.1, 0.15) is 37.6 Å². The summed E-state index contributed by atoms with van der Waals surface area (Å²) in [5.74, 6) is 0.0845. The molecule has 0 spiro atoms. The molecule has 0 aliphatic rings. The molecule has 94 valence electrons. The Balaban J connectivity index is 3.01. The van der Waals surface area contributed by atoms with Crippen molar-refractivity contribution >= 4 is 37.8 Å². The number of hydrogen-bond acceptors (Lipinski definition) is 1. The van der Waals surface area contributed by atoms with Gasteiger partial charge >= 0.3 is 0 Å². The second kappa shape index (κ2) is 6.55. The molecular formula is C13H17Br2NO. The second-order valence-electron chi connectivity index (χ2n) is 4.22. The highest BCUT2D eigenvalue weighted by Gasteiger charge is 2.19. The van der Waals surface area contributed by atoms with Crippen molar-refractivity contribution in [3.8, 4) is 0 Å². The minimum atomic E-state index is 0.0845. The van der Waals surface area contributed by atoms with Crippen molar-refractivity contribution in [2.24, 2.45) is 0 Å². The zero-order valence-corrected chi connectivity index (χ0v) is 13.5. The van der Waals surface area contributed by atoms with E-state index < -0.39 is 0 Å². The second-order valence-corrected chi connectivity index (χ2v) is 5.99. The van der Waals surface area contributed by atoms with E-state index in [-0.39, 0.29) is 11.9 Å². The standard InChI is InChI=1S/C13H17Br2NO/c1-4-7-16(9(2)3)13(17)11-6-5-10(14)8-12(11)15/h5-6,8-9H,4,7H2,1-3H3. The Labute approximate surface area is 120 Å². The third kappa shape index (κ3) is 3.81. The molecule has 0 radical (unpaired) electrons. The van der Waals surface area contributed by atoms with E-state index in [2.05, 4.69) is 38.8 Å². The molecule has 0 heterocycles. The van der Waals surface area contributed by atoms with Gasteiger partial charge in [-0.05, 0) is 54.4 Å². The molecule has 1 aromatic rings. The molecule has 0 atom stereocenters. The summed E-state index contributed by atoms with van der Waals surface area (Å²) >= 11 is 6.83. The summed E-state index contributed by atoms with van der Waals surface area (Å²) in [5.41, 5.74) is 0.718. The summed E-state index contributed by atoms with van der Waals surface area (Å²) in [6, 6.07) is 5.86. The number of amides is 1. The molecule has 0 N–H and O–H groups in total. The van der Waals surface area contributed by atoms with Crippen LogP contribution in [0, 0.1) is 0 Å². The summed E-state index contributed by atoms with van der Waals surface area (Å²) < 4.78 is 1.80. The maximum atomic E-state index is 12.4.